The number of hydrogen-bond donors (Lipinski definition) is 0. The van der Waals surface area contributed by atoms with Gasteiger partial charge in [0.25, 0.3) is 0 Å². The summed E-state index contributed by atoms with van der Waals surface area (Å²) >= 11 is 1.65. The maximum atomic E-state index is 4.48. The van der Waals surface area contributed by atoms with Crippen LogP contribution in [0.4, 0.5) is 0 Å². The van der Waals surface area contributed by atoms with Crippen molar-refractivity contribution in [2.75, 3.05) is 7.05 Å². The molecular weight excluding hydrogens is 330 g/mol. The Hall–Kier alpha value is -2.31. The molecule has 0 amide bonds. The molecule has 0 spiro atoms. The maximum Gasteiger partial charge on any atom is 0.187 e. The molecule has 6 heteroatoms. The lowest BCUT2D eigenvalue weighted by Gasteiger charge is -2.23. The van der Waals surface area contributed by atoms with Crippen LogP contribution >= 0.6 is 11.8 Å². The van der Waals surface area contributed by atoms with Gasteiger partial charge in [0.2, 0.25) is 0 Å². The molecule has 3 rings (SSSR count). The van der Waals surface area contributed by atoms with Crippen LogP contribution in [0, 0.1) is 0 Å². The molecule has 0 saturated carbocycles. The van der Waals surface area contributed by atoms with Crippen LogP contribution in [0.5, 0.6) is 0 Å². The first-order chi connectivity index (χ1) is 12.2. The van der Waals surface area contributed by atoms with E-state index in [0.717, 1.165) is 28.7 Å². The minimum atomic E-state index is 0.204. The molecule has 1 atom stereocenters. The molecule has 0 N–H and O–H groups in total. The number of nitrogens with zero attached hydrogens (tertiary/aromatic N) is 5. The molecule has 25 heavy (non-hydrogen) atoms. The summed E-state index contributed by atoms with van der Waals surface area (Å²) in [5, 5.41) is 0.805. The lowest BCUT2D eigenvalue weighted by atomic mass is 10.2. The Morgan fingerprint density at radius 2 is 1.76 bits per heavy atom. The van der Waals surface area contributed by atoms with Gasteiger partial charge < -0.3 is 0 Å². The summed E-state index contributed by atoms with van der Waals surface area (Å²) in [5.74, 6) is 0.880. The second kappa shape index (κ2) is 8.69. The van der Waals surface area contributed by atoms with Gasteiger partial charge in [0.1, 0.15) is 6.33 Å². The van der Waals surface area contributed by atoms with E-state index in [-0.39, 0.29) is 6.04 Å². The highest BCUT2D eigenvalue weighted by atomic mass is 32.2. The highest BCUT2D eigenvalue weighted by Gasteiger charge is 2.13. The Kier molecular flexibility index (Phi) is 6.09. The summed E-state index contributed by atoms with van der Waals surface area (Å²) < 4.78 is 0. The van der Waals surface area contributed by atoms with E-state index in [1.54, 1.807) is 24.3 Å². The summed E-state index contributed by atoms with van der Waals surface area (Å²) in [4.78, 5) is 19.5. The first kappa shape index (κ1) is 17.5. The first-order valence-electron chi connectivity index (χ1n) is 8.16. The van der Waals surface area contributed by atoms with Crippen LogP contribution in [0.2, 0.25) is 0 Å². The van der Waals surface area contributed by atoms with Gasteiger partial charge >= 0.3 is 0 Å². The molecular formula is C19H21N5S. The maximum absolute atomic E-state index is 4.48. The predicted molar refractivity (Wildman–Crippen MR) is 99.9 cm³/mol. The van der Waals surface area contributed by atoms with Crippen molar-refractivity contribution in [1.29, 1.82) is 0 Å². The van der Waals surface area contributed by atoms with E-state index in [1.807, 2.05) is 24.5 Å². The molecule has 0 aliphatic heterocycles. The van der Waals surface area contributed by atoms with Crippen LogP contribution in [0.3, 0.4) is 0 Å². The van der Waals surface area contributed by atoms with E-state index in [4.69, 9.17) is 0 Å². The minimum Gasteiger partial charge on any atom is -0.294 e. The molecule has 2 aromatic heterocycles. The van der Waals surface area contributed by atoms with Crippen LogP contribution in [0.15, 0.2) is 66.5 Å². The molecule has 0 bridgehead atoms. The van der Waals surface area contributed by atoms with Crippen molar-refractivity contribution in [2.24, 2.45) is 0 Å². The third-order valence-electron chi connectivity index (χ3n) is 4.02. The average molecular weight is 351 g/mol. The molecule has 0 radical (unpaired) electrons. The quantitative estimate of drug-likeness (QED) is 0.477. The lowest BCUT2D eigenvalue weighted by Crippen LogP contribution is -2.22. The van der Waals surface area contributed by atoms with E-state index in [2.05, 4.69) is 63.1 Å². The molecule has 0 aliphatic carbocycles. The topological polar surface area (TPSA) is 54.8 Å². The zero-order chi connectivity index (χ0) is 17.5. The summed E-state index contributed by atoms with van der Waals surface area (Å²) in [5.41, 5.74) is 3.37. The molecule has 0 aliphatic rings. The van der Waals surface area contributed by atoms with Crippen LogP contribution in [0.25, 0.3) is 0 Å². The Balaban J connectivity index is 1.55. The van der Waals surface area contributed by atoms with Gasteiger partial charge in [-0.1, -0.05) is 42.1 Å². The van der Waals surface area contributed by atoms with Gasteiger partial charge in [0.05, 0.1) is 5.69 Å². The number of hydrogen-bond acceptors (Lipinski definition) is 6. The van der Waals surface area contributed by atoms with Crippen molar-refractivity contribution >= 4 is 11.8 Å². The third-order valence-corrected chi connectivity index (χ3v) is 4.97. The largest absolute Gasteiger partial charge is 0.294 e. The zero-order valence-electron chi connectivity index (χ0n) is 14.4. The molecule has 1 unspecified atom stereocenters. The zero-order valence-corrected chi connectivity index (χ0v) is 15.2. The molecule has 0 saturated heterocycles. The third kappa shape index (κ3) is 5.08. The summed E-state index contributed by atoms with van der Waals surface area (Å²) in [6.45, 7) is 2.90. The minimum absolute atomic E-state index is 0.204. The number of thioether (sulfide) groups is 1. The van der Waals surface area contributed by atoms with Gasteiger partial charge in [-0.25, -0.2) is 19.9 Å². The van der Waals surface area contributed by atoms with Crippen molar-refractivity contribution in [1.82, 2.24) is 24.8 Å². The van der Waals surface area contributed by atoms with E-state index < -0.39 is 0 Å². The van der Waals surface area contributed by atoms with Crippen LogP contribution in [0.1, 0.15) is 29.8 Å². The average Bonchev–Trinajstić information content (AvgIpc) is 2.68. The van der Waals surface area contributed by atoms with Gasteiger partial charge in [-0.2, -0.15) is 0 Å². The van der Waals surface area contributed by atoms with Gasteiger partial charge in [-0.15, -0.1) is 0 Å². The van der Waals surface area contributed by atoms with Gasteiger partial charge in [-0.3, -0.25) is 4.90 Å². The molecule has 3 aromatic rings. The molecule has 2 heterocycles. The Morgan fingerprint density at radius 3 is 2.44 bits per heavy atom. The van der Waals surface area contributed by atoms with Crippen LogP contribution in [-0.4, -0.2) is 31.9 Å². The first-order valence-corrected chi connectivity index (χ1v) is 9.15. The smallest absolute Gasteiger partial charge is 0.187 e. The molecule has 0 fully saturated rings. The fraction of sp³-hybridized carbons (Fsp3) is 0.263. The van der Waals surface area contributed by atoms with Crippen molar-refractivity contribution < 1.29 is 0 Å². The fourth-order valence-electron chi connectivity index (χ4n) is 2.42. The SMILES string of the molecule is CC(c1ccncn1)N(C)Cc1cnc(SCc2ccccc2)nc1. The van der Waals surface area contributed by atoms with Crippen molar-refractivity contribution in [3.63, 3.8) is 0 Å². The Labute approximate surface area is 152 Å². The van der Waals surface area contributed by atoms with Crippen molar-refractivity contribution in [3.8, 4) is 0 Å². The van der Waals surface area contributed by atoms with Gasteiger partial charge in [-0.05, 0) is 25.6 Å². The second-order valence-electron chi connectivity index (χ2n) is 5.87. The number of rotatable bonds is 7. The monoisotopic (exact) mass is 351 g/mol. The molecule has 1 aromatic carbocycles. The van der Waals surface area contributed by atoms with E-state index in [9.17, 15) is 0 Å². The van der Waals surface area contributed by atoms with E-state index >= 15 is 0 Å². The number of benzene rings is 1. The van der Waals surface area contributed by atoms with Gasteiger partial charge in [0.15, 0.2) is 5.16 Å². The number of aromatic nitrogens is 4. The standard InChI is InChI=1S/C19H21N5S/c1-15(18-8-9-20-14-23-18)24(2)12-17-10-21-19(22-11-17)25-13-16-6-4-3-5-7-16/h3-11,14-15H,12-13H2,1-2H3. The Morgan fingerprint density at radius 1 is 1.00 bits per heavy atom. The second-order valence-corrected chi connectivity index (χ2v) is 6.82. The summed E-state index contributed by atoms with van der Waals surface area (Å²) in [6, 6.07) is 12.5. The van der Waals surface area contributed by atoms with Crippen molar-refractivity contribution in [3.05, 3.63) is 78.1 Å². The molecule has 5 nitrogen and oxygen atoms in total. The summed E-state index contributed by atoms with van der Waals surface area (Å²) in [6.07, 6.45) is 7.17. The van der Waals surface area contributed by atoms with Crippen LogP contribution < -0.4 is 0 Å². The van der Waals surface area contributed by atoms with E-state index in [0.29, 0.717) is 0 Å². The predicted octanol–water partition coefficient (Wildman–Crippen LogP) is 3.75. The normalized spacial score (nSPS) is 12.3. The molecule has 128 valence electrons. The fourth-order valence-corrected chi connectivity index (χ4v) is 3.16. The van der Waals surface area contributed by atoms with Crippen LogP contribution in [-0.2, 0) is 12.3 Å². The van der Waals surface area contributed by atoms with Crippen molar-refractivity contribution in [2.45, 2.75) is 30.4 Å². The summed E-state index contributed by atoms with van der Waals surface area (Å²) in [7, 11) is 2.07. The highest BCUT2D eigenvalue weighted by Crippen LogP contribution is 2.20. The lowest BCUT2D eigenvalue weighted by molar-refractivity contribution is 0.247. The van der Waals surface area contributed by atoms with Gasteiger partial charge in [0, 0.05) is 42.5 Å². The highest BCUT2D eigenvalue weighted by molar-refractivity contribution is 7.98. The Bertz CT molecular complexity index is 765. The van der Waals surface area contributed by atoms with E-state index in [1.165, 1.54) is 5.56 Å².